The van der Waals surface area contributed by atoms with Crippen molar-refractivity contribution in [1.82, 2.24) is 4.72 Å². The summed E-state index contributed by atoms with van der Waals surface area (Å²) in [5.41, 5.74) is 2.07. The summed E-state index contributed by atoms with van der Waals surface area (Å²) < 4.78 is 28.3. The van der Waals surface area contributed by atoms with Crippen molar-refractivity contribution in [3.05, 3.63) is 45.1 Å². The lowest BCUT2D eigenvalue weighted by Crippen LogP contribution is -2.26. The van der Waals surface area contributed by atoms with Gasteiger partial charge in [0.2, 0.25) is 10.0 Å². The maximum Gasteiger partial charge on any atom is 0.241 e. The van der Waals surface area contributed by atoms with Crippen molar-refractivity contribution < 1.29 is 8.42 Å². The Morgan fingerprint density at radius 1 is 1.33 bits per heavy atom. The van der Waals surface area contributed by atoms with Crippen molar-refractivity contribution >= 4 is 38.6 Å². The Morgan fingerprint density at radius 2 is 2.14 bits per heavy atom. The standard InChI is InChI=1S/C14H15ClN2O2S2/c1-9(13-4-5-14(15)20-13)17-21(18,19)11-2-3-12-10(8-11)6-7-16-12/h2-5,8-9,16-17H,6-7H2,1H3. The van der Waals surface area contributed by atoms with Gasteiger partial charge in [0.05, 0.1) is 15.3 Å². The molecule has 1 aliphatic heterocycles. The highest BCUT2D eigenvalue weighted by Gasteiger charge is 2.21. The van der Waals surface area contributed by atoms with Gasteiger partial charge in [-0.05, 0) is 49.2 Å². The molecule has 0 bridgehead atoms. The van der Waals surface area contributed by atoms with Gasteiger partial charge in [-0.2, -0.15) is 0 Å². The molecule has 7 heteroatoms. The fraction of sp³-hybridized carbons (Fsp3) is 0.286. The zero-order chi connectivity index (χ0) is 15.0. The molecule has 0 saturated carbocycles. The van der Waals surface area contributed by atoms with Crippen molar-refractivity contribution in [2.45, 2.75) is 24.3 Å². The molecule has 0 spiro atoms. The van der Waals surface area contributed by atoms with Crippen molar-refractivity contribution in [2.75, 3.05) is 11.9 Å². The summed E-state index contributed by atoms with van der Waals surface area (Å²) in [6.07, 6.45) is 0.856. The van der Waals surface area contributed by atoms with Crippen LogP contribution in [0, 0.1) is 0 Å². The zero-order valence-corrected chi connectivity index (χ0v) is 13.8. The number of anilines is 1. The van der Waals surface area contributed by atoms with E-state index in [4.69, 9.17) is 11.6 Å². The lowest BCUT2D eigenvalue weighted by molar-refractivity contribution is 0.568. The molecule has 21 heavy (non-hydrogen) atoms. The molecule has 2 N–H and O–H groups in total. The third kappa shape index (κ3) is 3.08. The highest BCUT2D eigenvalue weighted by molar-refractivity contribution is 7.89. The van der Waals surface area contributed by atoms with Crippen molar-refractivity contribution in [3.63, 3.8) is 0 Å². The van der Waals surface area contributed by atoms with Gasteiger partial charge < -0.3 is 5.32 Å². The Kier molecular flexibility index (Phi) is 3.96. The quantitative estimate of drug-likeness (QED) is 0.895. The summed E-state index contributed by atoms with van der Waals surface area (Å²) in [5.74, 6) is 0. The molecule has 0 aliphatic carbocycles. The monoisotopic (exact) mass is 342 g/mol. The molecule has 2 aromatic rings. The molecule has 0 radical (unpaired) electrons. The van der Waals surface area contributed by atoms with Crippen LogP contribution in [0.15, 0.2) is 35.2 Å². The lowest BCUT2D eigenvalue weighted by atomic mass is 10.2. The smallest absolute Gasteiger partial charge is 0.241 e. The number of sulfonamides is 1. The molecule has 1 aromatic carbocycles. The minimum absolute atomic E-state index is 0.305. The molecule has 0 amide bonds. The minimum atomic E-state index is -3.53. The summed E-state index contributed by atoms with van der Waals surface area (Å²) in [7, 11) is -3.53. The van der Waals surface area contributed by atoms with Crippen LogP contribution in [-0.2, 0) is 16.4 Å². The SMILES string of the molecule is CC(NS(=O)(=O)c1ccc2c(c1)CCN2)c1ccc(Cl)s1. The van der Waals surface area contributed by atoms with Crippen molar-refractivity contribution in [3.8, 4) is 0 Å². The molecule has 1 aromatic heterocycles. The van der Waals surface area contributed by atoms with Gasteiger partial charge in [-0.3, -0.25) is 0 Å². The lowest BCUT2D eigenvalue weighted by Gasteiger charge is -2.13. The maximum absolute atomic E-state index is 12.5. The first-order chi connectivity index (χ1) is 9.95. The predicted molar refractivity (Wildman–Crippen MR) is 86.7 cm³/mol. The Balaban J connectivity index is 1.83. The number of rotatable bonds is 4. The van der Waals surface area contributed by atoms with Crippen LogP contribution in [-0.4, -0.2) is 15.0 Å². The molecule has 0 saturated heterocycles. The Bertz CT molecular complexity index is 771. The van der Waals surface area contributed by atoms with E-state index >= 15 is 0 Å². The molecule has 112 valence electrons. The fourth-order valence-corrected chi connectivity index (χ4v) is 4.78. The molecule has 4 nitrogen and oxygen atoms in total. The van der Waals surface area contributed by atoms with Gasteiger partial charge in [0.15, 0.2) is 0 Å². The van der Waals surface area contributed by atoms with Gasteiger partial charge in [-0.15, -0.1) is 11.3 Å². The van der Waals surface area contributed by atoms with Crippen LogP contribution in [0.5, 0.6) is 0 Å². The van der Waals surface area contributed by atoms with Crippen molar-refractivity contribution in [2.24, 2.45) is 0 Å². The summed E-state index contributed by atoms with van der Waals surface area (Å²) in [5, 5.41) is 3.22. The van der Waals surface area contributed by atoms with Crippen LogP contribution in [0.1, 0.15) is 23.4 Å². The van der Waals surface area contributed by atoms with Crippen LogP contribution in [0.3, 0.4) is 0 Å². The van der Waals surface area contributed by atoms with E-state index in [0.29, 0.717) is 9.23 Å². The second kappa shape index (κ2) is 5.61. The zero-order valence-electron chi connectivity index (χ0n) is 11.4. The van der Waals surface area contributed by atoms with Crippen molar-refractivity contribution in [1.29, 1.82) is 0 Å². The Hall–Kier alpha value is -1.08. The normalized spacial score (nSPS) is 15.5. The van der Waals surface area contributed by atoms with E-state index < -0.39 is 10.0 Å². The number of hydrogen-bond acceptors (Lipinski definition) is 4. The highest BCUT2D eigenvalue weighted by Crippen LogP contribution is 2.29. The molecule has 1 unspecified atom stereocenters. The van der Waals surface area contributed by atoms with Gasteiger partial charge in [0.1, 0.15) is 0 Å². The third-order valence-electron chi connectivity index (χ3n) is 3.45. The van der Waals surface area contributed by atoms with E-state index in [2.05, 4.69) is 10.0 Å². The van der Waals surface area contributed by atoms with E-state index in [9.17, 15) is 8.42 Å². The van der Waals surface area contributed by atoms with Gasteiger partial charge in [0, 0.05) is 17.1 Å². The first kappa shape index (κ1) is 14.8. The van der Waals surface area contributed by atoms with Gasteiger partial charge in [-0.1, -0.05) is 11.6 Å². The molecule has 1 aliphatic rings. The molecular formula is C14H15ClN2O2S2. The average molecular weight is 343 g/mol. The second-order valence-corrected chi connectivity index (χ2v) is 8.44. The molecule has 2 heterocycles. The minimum Gasteiger partial charge on any atom is -0.384 e. The fourth-order valence-electron chi connectivity index (χ4n) is 2.37. The van der Waals surface area contributed by atoms with E-state index in [1.54, 1.807) is 18.2 Å². The highest BCUT2D eigenvalue weighted by atomic mass is 35.5. The Labute approximate surface area is 133 Å². The van der Waals surface area contributed by atoms with Crippen LogP contribution in [0.25, 0.3) is 0 Å². The van der Waals surface area contributed by atoms with Crippen LogP contribution in [0.2, 0.25) is 4.34 Å². The number of benzene rings is 1. The average Bonchev–Trinajstić information content (AvgIpc) is 3.05. The number of thiophene rings is 1. The topological polar surface area (TPSA) is 58.2 Å². The maximum atomic E-state index is 12.5. The third-order valence-corrected chi connectivity index (χ3v) is 6.40. The molecule has 3 rings (SSSR count). The number of nitrogens with one attached hydrogen (secondary N) is 2. The molecule has 1 atom stereocenters. The molecule has 0 fully saturated rings. The van der Waals surface area contributed by atoms with Crippen LogP contribution in [0.4, 0.5) is 5.69 Å². The van der Waals surface area contributed by atoms with Crippen LogP contribution >= 0.6 is 22.9 Å². The van der Waals surface area contributed by atoms with Crippen LogP contribution < -0.4 is 10.0 Å². The number of hydrogen-bond donors (Lipinski definition) is 2. The van der Waals surface area contributed by atoms with E-state index in [1.807, 2.05) is 19.1 Å². The van der Waals surface area contributed by atoms with Gasteiger partial charge in [-0.25, -0.2) is 13.1 Å². The second-order valence-electron chi connectivity index (χ2n) is 4.98. The van der Waals surface area contributed by atoms with E-state index in [-0.39, 0.29) is 6.04 Å². The predicted octanol–water partition coefficient (Wildman–Crippen LogP) is 3.41. The summed E-state index contributed by atoms with van der Waals surface area (Å²) in [4.78, 5) is 1.20. The Morgan fingerprint density at radius 3 is 2.86 bits per heavy atom. The largest absolute Gasteiger partial charge is 0.384 e. The van der Waals surface area contributed by atoms with Gasteiger partial charge >= 0.3 is 0 Å². The number of fused-ring (bicyclic) bond motifs is 1. The van der Waals surface area contributed by atoms with E-state index in [1.165, 1.54) is 11.3 Å². The summed E-state index contributed by atoms with van der Waals surface area (Å²) in [6.45, 7) is 2.67. The number of halogens is 1. The van der Waals surface area contributed by atoms with E-state index in [0.717, 1.165) is 29.1 Å². The molecular weight excluding hydrogens is 328 g/mol. The first-order valence-electron chi connectivity index (χ1n) is 6.60. The van der Waals surface area contributed by atoms with Gasteiger partial charge in [0.25, 0.3) is 0 Å². The summed E-state index contributed by atoms with van der Waals surface area (Å²) in [6, 6.07) is 8.50. The first-order valence-corrected chi connectivity index (χ1v) is 9.28. The summed E-state index contributed by atoms with van der Waals surface area (Å²) >= 11 is 7.27.